The number of rotatable bonds is 15. The van der Waals surface area contributed by atoms with E-state index in [0.29, 0.717) is 15.8 Å². The summed E-state index contributed by atoms with van der Waals surface area (Å²) in [5.41, 5.74) is 0. The summed E-state index contributed by atoms with van der Waals surface area (Å²) in [6, 6.07) is 0. The third-order valence-corrected chi connectivity index (χ3v) is 6.70. The first-order chi connectivity index (χ1) is 13.1. The van der Waals surface area contributed by atoms with Crippen molar-refractivity contribution >= 4 is 49.4 Å². The first-order valence-electron chi connectivity index (χ1n) is 9.05. The average molecular weight is 414 g/mol. The van der Waals surface area contributed by atoms with Gasteiger partial charge in [-0.05, 0) is 20.8 Å². The molecule has 10 heteroatoms. The van der Waals surface area contributed by atoms with E-state index in [2.05, 4.69) is 0 Å². The van der Waals surface area contributed by atoms with Gasteiger partial charge in [0.05, 0.1) is 19.8 Å². The molecule has 0 unspecified atom stereocenters. The van der Waals surface area contributed by atoms with E-state index in [9.17, 15) is 28.8 Å². The fourth-order valence-corrected chi connectivity index (χ4v) is 4.43. The van der Waals surface area contributed by atoms with Gasteiger partial charge in [-0.3, -0.25) is 28.8 Å². The maximum absolute atomic E-state index is 11.4. The SMILES string of the molecule is CC(=O)CC(=O)OC[CH2][Al]([CH2]COC(=O)CC(C)=O)[CH2]COC(=O)CC(C)=O. The lowest BCUT2D eigenvalue weighted by Crippen LogP contribution is -2.23. The van der Waals surface area contributed by atoms with Crippen LogP contribution in [-0.4, -0.2) is 69.2 Å². The summed E-state index contributed by atoms with van der Waals surface area (Å²) in [7, 11) is 0. The monoisotopic (exact) mass is 414 g/mol. The highest BCUT2D eigenvalue weighted by Gasteiger charge is 2.20. The summed E-state index contributed by atoms with van der Waals surface area (Å²) in [5, 5.41) is 1.66. The highest BCUT2D eigenvalue weighted by molar-refractivity contribution is 6.59. The van der Waals surface area contributed by atoms with Crippen molar-refractivity contribution in [2.24, 2.45) is 0 Å². The van der Waals surface area contributed by atoms with E-state index in [1.165, 1.54) is 20.8 Å². The number of ether oxygens (including phenoxy) is 3. The van der Waals surface area contributed by atoms with E-state index in [4.69, 9.17) is 14.2 Å². The number of hydrogen-bond acceptors (Lipinski definition) is 9. The topological polar surface area (TPSA) is 130 Å². The molecular weight excluding hydrogens is 387 g/mol. The van der Waals surface area contributed by atoms with E-state index < -0.39 is 32.1 Å². The van der Waals surface area contributed by atoms with E-state index in [1.807, 2.05) is 0 Å². The molecule has 0 aliphatic heterocycles. The molecule has 0 spiro atoms. The van der Waals surface area contributed by atoms with Crippen LogP contribution in [0.5, 0.6) is 0 Å². The fourth-order valence-electron chi connectivity index (χ4n) is 2.21. The van der Waals surface area contributed by atoms with Crippen LogP contribution < -0.4 is 0 Å². The Morgan fingerprint density at radius 1 is 0.536 bits per heavy atom. The van der Waals surface area contributed by atoms with Gasteiger partial charge in [0.15, 0.2) is 0 Å². The summed E-state index contributed by atoms with van der Waals surface area (Å²) < 4.78 is 15.0. The van der Waals surface area contributed by atoms with E-state index in [0.717, 1.165) is 0 Å². The number of Topliss-reactive ketones (excluding diaryl/α,β-unsaturated/α-hetero) is 3. The molecule has 0 saturated heterocycles. The summed E-state index contributed by atoms with van der Waals surface area (Å²) >= 11 is -1.60. The molecule has 0 fully saturated rings. The van der Waals surface area contributed by atoms with Crippen molar-refractivity contribution < 1.29 is 43.0 Å². The molecule has 0 aliphatic rings. The minimum atomic E-state index is -1.60. The lowest BCUT2D eigenvalue weighted by atomic mass is 10.3. The number of ketones is 3. The second-order valence-corrected chi connectivity index (χ2v) is 9.99. The zero-order valence-electron chi connectivity index (χ0n) is 16.6. The smallest absolute Gasteiger partial charge is 0.313 e. The molecule has 0 heterocycles. The second kappa shape index (κ2) is 14.9. The predicted molar refractivity (Wildman–Crippen MR) is 98.9 cm³/mol. The molecule has 28 heavy (non-hydrogen) atoms. The van der Waals surface area contributed by atoms with Crippen LogP contribution in [-0.2, 0) is 43.0 Å². The van der Waals surface area contributed by atoms with Gasteiger partial charge in [0.1, 0.15) is 36.6 Å². The molecule has 9 nitrogen and oxygen atoms in total. The van der Waals surface area contributed by atoms with Crippen molar-refractivity contribution in [3.63, 3.8) is 0 Å². The largest absolute Gasteiger partial charge is 0.467 e. The highest BCUT2D eigenvalue weighted by atomic mass is 27.2. The molecule has 0 amide bonds. The molecule has 0 saturated carbocycles. The highest BCUT2D eigenvalue weighted by Crippen LogP contribution is 2.09. The van der Waals surface area contributed by atoms with Crippen LogP contribution >= 0.6 is 0 Å². The minimum absolute atomic E-state index is 0.131. The van der Waals surface area contributed by atoms with Gasteiger partial charge in [0.2, 0.25) is 0 Å². The first kappa shape index (κ1) is 26.0. The molecule has 0 radical (unpaired) electrons. The van der Waals surface area contributed by atoms with Gasteiger partial charge >= 0.3 is 17.9 Å². The van der Waals surface area contributed by atoms with Crippen LogP contribution in [0.1, 0.15) is 40.0 Å². The molecule has 0 bridgehead atoms. The van der Waals surface area contributed by atoms with Gasteiger partial charge in [-0.15, -0.1) is 0 Å². The van der Waals surface area contributed by atoms with Crippen molar-refractivity contribution in [3.8, 4) is 0 Å². The third-order valence-electron chi connectivity index (χ3n) is 3.55. The van der Waals surface area contributed by atoms with E-state index in [1.54, 1.807) is 0 Å². The molecule has 0 aliphatic carbocycles. The molecular formula is C18H27AlO9. The predicted octanol–water partition coefficient (Wildman–Crippen LogP) is 1.05. The van der Waals surface area contributed by atoms with Gasteiger partial charge in [0.25, 0.3) is 14.1 Å². The Labute approximate surface area is 168 Å². The lowest BCUT2D eigenvalue weighted by molar-refractivity contribution is -0.146. The summed E-state index contributed by atoms with van der Waals surface area (Å²) in [5.74, 6) is -2.64. The third kappa shape index (κ3) is 16.1. The molecule has 0 aromatic heterocycles. The average Bonchev–Trinajstić information content (AvgIpc) is 2.52. The Kier molecular flexibility index (Phi) is 13.8. The van der Waals surface area contributed by atoms with Crippen LogP contribution in [0.25, 0.3) is 0 Å². The van der Waals surface area contributed by atoms with Crippen LogP contribution in [0.15, 0.2) is 0 Å². The van der Waals surface area contributed by atoms with Gasteiger partial charge < -0.3 is 14.2 Å². The number of carbonyl (C=O) groups is 6. The number of hydrogen-bond donors (Lipinski definition) is 0. The van der Waals surface area contributed by atoms with Crippen LogP contribution in [0.4, 0.5) is 0 Å². The van der Waals surface area contributed by atoms with Crippen LogP contribution in [0.3, 0.4) is 0 Å². The maximum atomic E-state index is 11.4. The molecule has 0 atom stereocenters. The second-order valence-electron chi connectivity index (χ2n) is 6.53. The molecule has 0 rings (SSSR count). The Bertz CT molecular complexity index is 505. The minimum Gasteiger partial charge on any atom is -0.467 e. The summed E-state index contributed by atoms with van der Waals surface area (Å²) in [6.45, 7) is 4.28. The van der Waals surface area contributed by atoms with Gasteiger partial charge in [-0.25, -0.2) is 0 Å². The molecule has 0 aromatic carbocycles. The van der Waals surface area contributed by atoms with Gasteiger partial charge in [-0.2, -0.15) is 0 Å². The standard InChI is InChI=1S/3C6H9O3.Al/c3*1-3-9-6(8)4-5(2)7;/h3*1,3-4H2,2H3;. The van der Waals surface area contributed by atoms with Crippen LogP contribution in [0, 0.1) is 0 Å². The van der Waals surface area contributed by atoms with Gasteiger partial charge in [0, 0.05) is 0 Å². The van der Waals surface area contributed by atoms with Crippen molar-refractivity contribution in [3.05, 3.63) is 0 Å². The Morgan fingerprint density at radius 3 is 1.00 bits per heavy atom. The molecule has 156 valence electrons. The van der Waals surface area contributed by atoms with Crippen molar-refractivity contribution in [1.29, 1.82) is 0 Å². The maximum Gasteiger partial charge on any atom is 0.313 e. The Morgan fingerprint density at radius 2 is 0.786 bits per heavy atom. The first-order valence-corrected chi connectivity index (χ1v) is 11.5. The summed E-state index contributed by atoms with van der Waals surface area (Å²) in [4.78, 5) is 66.9. The Balaban J connectivity index is 4.39. The normalized spacial score (nSPS) is 9.96. The number of esters is 3. The molecule has 0 aromatic rings. The fraction of sp³-hybridized carbons (Fsp3) is 0.667. The van der Waals surface area contributed by atoms with E-state index in [-0.39, 0.29) is 56.4 Å². The quantitative estimate of drug-likeness (QED) is 0.167. The zero-order valence-corrected chi connectivity index (χ0v) is 17.8. The summed E-state index contributed by atoms with van der Waals surface area (Å²) in [6.07, 6.45) is -0.841. The van der Waals surface area contributed by atoms with Crippen molar-refractivity contribution in [1.82, 2.24) is 0 Å². The lowest BCUT2D eigenvalue weighted by Gasteiger charge is -2.13. The number of carbonyl (C=O) groups excluding carboxylic acids is 6. The van der Waals surface area contributed by atoms with Gasteiger partial charge in [-0.1, -0.05) is 15.8 Å². The Hall–Kier alpha value is -2.05. The van der Waals surface area contributed by atoms with Crippen molar-refractivity contribution in [2.45, 2.75) is 55.9 Å². The van der Waals surface area contributed by atoms with Crippen molar-refractivity contribution in [2.75, 3.05) is 19.8 Å². The van der Waals surface area contributed by atoms with E-state index >= 15 is 0 Å². The van der Waals surface area contributed by atoms with Crippen LogP contribution in [0.2, 0.25) is 15.8 Å². The molecule has 0 N–H and O–H groups in total. The zero-order chi connectivity index (χ0) is 21.5.